The van der Waals surface area contributed by atoms with Gasteiger partial charge in [-0.2, -0.15) is 0 Å². The lowest BCUT2D eigenvalue weighted by molar-refractivity contribution is -0.144. The summed E-state index contributed by atoms with van der Waals surface area (Å²) in [6, 6.07) is -9.87. The molecule has 132 heavy (non-hydrogen) atoms. The fourth-order valence-electron chi connectivity index (χ4n) is 15.1. The minimum Gasteiger partial charge on any atom is -0.481 e. The molecule has 44 heteroatoms. The second kappa shape index (κ2) is 51.3. The molecule has 2 aromatic carbocycles. The molecule has 44 nitrogen and oxygen atoms in total. The number of hydrogen-bond donors (Lipinski definition) is 23. The molecule has 3 aromatic heterocycles. The maximum absolute atomic E-state index is 15.1. The number of carbonyl (C=O) groups is 19. The Kier molecular flexibility index (Phi) is 41.7. The van der Waals surface area contributed by atoms with E-state index >= 15 is 4.79 Å². The van der Waals surface area contributed by atoms with E-state index in [1.807, 2.05) is 0 Å². The summed E-state index contributed by atoms with van der Waals surface area (Å²) in [5.74, 6) is -22.9. The number of amides is 17. The predicted molar refractivity (Wildman–Crippen MR) is 480 cm³/mol. The second-order valence-electron chi connectivity index (χ2n) is 34.6. The van der Waals surface area contributed by atoms with Crippen LogP contribution in [0.15, 0.2) is 73.4 Å². The summed E-state index contributed by atoms with van der Waals surface area (Å²) in [7, 11) is 0. The number of imidazole rings is 1. The number of hydrogen-bond acceptors (Lipinski definition) is 22. The third-order valence-corrected chi connectivity index (χ3v) is 22.9. The van der Waals surface area contributed by atoms with Gasteiger partial charge in [-0.3, -0.25) is 91.1 Å². The van der Waals surface area contributed by atoms with E-state index < -0.39 is 264 Å². The molecule has 0 radical (unpaired) electrons. The number of carboxylic acids is 2. The summed E-state index contributed by atoms with van der Waals surface area (Å²) in [6.45, 7) is 20.3. The number of carboxylic acid groups (broad SMARTS) is 2. The largest absolute Gasteiger partial charge is 0.481 e. The maximum atomic E-state index is 15.1. The van der Waals surface area contributed by atoms with Gasteiger partial charge >= 0.3 is 11.9 Å². The number of aromatic nitrogens is 4. The van der Waals surface area contributed by atoms with Gasteiger partial charge in [-0.05, 0) is 112 Å². The van der Waals surface area contributed by atoms with Crippen LogP contribution in [0.25, 0.3) is 21.8 Å². The van der Waals surface area contributed by atoms with Crippen molar-refractivity contribution in [1.82, 2.24) is 99.3 Å². The van der Waals surface area contributed by atoms with Gasteiger partial charge in [0.2, 0.25) is 100 Å². The van der Waals surface area contributed by atoms with Gasteiger partial charge in [-0.15, -0.1) is 0 Å². The molecular weight excluding hydrogens is 1720 g/mol. The van der Waals surface area contributed by atoms with Gasteiger partial charge in [-0.25, -0.2) is 4.98 Å². The van der Waals surface area contributed by atoms with Crippen LogP contribution in [0, 0.1) is 29.6 Å². The Labute approximate surface area is 763 Å². The van der Waals surface area contributed by atoms with Gasteiger partial charge in [0.1, 0.15) is 90.6 Å². The molecule has 6 rings (SSSR count). The van der Waals surface area contributed by atoms with Gasteiger partial charge < -0.3 is 127 Å². The van der Waals surface area contributed by atoms with Crippen molar-refractivity contribution >= 4 is 134 Å². The van der Waals surface area contributed by atoms with Crippen LogP contribution in [-0.4, -0.2) is 262 Å². The van der Waals surface area contributed by atoms with Crippen LogP contribution in [0.2, 0.25) is 0 Å². The van der Waals surface area contributed by atoms with Crippen molar-refractivity contribution < 1.29 is 106 Å². The minimum absolute atomic E-state index is 0.0306. The number of aliphatic hydroxyl groups is 1. The highest BCUT2D eigenvalue weighted by atomic mass is 16.4. The van der Waals surface area contributed by atoms with Crippen molar-refractivity contribution in [2.75, 3.05) is 13.1 Å². The number of nitrogens with one attached hydrogen (secondary N) is 17. The summed E-state index contributed by atoms with van der Waals surface area (Å²) in [6.07, 6.45) is 1.70. The van der Waals surface area contributed by atoms with Crippen LogP contribution in [0.5, 0.6) is 0 Å². The van der Waals surface area contributed by atoms with Gasteiger partial charge in [0, 0.05) is 78.8 Å². The highest BCUT2D eigenvalue weighted by molar-refractivity contribution is 6.03. The molecule has 1 aliphatic rings. The molecule has 0 aliphatic carbocycles. The van der Waals surface area contributed by atoms with Gasteiger partial charge in [-0.1, -0.05) is 118 Å². The molecule has 0 spiro atoms. The fourth-order valence-corrected chi connectivity index (χ4v) is 15.1. The Morgan fingerprint density at radius 1 is 0.462 bits per heavy atom. The van der Waals surface area contributed by atoms with E-state index in [-0.39, 0.29) is 64.5 Å². The average Bonchev–Trinajstić information content (AvgIpc) is 1.64. The number of fused-ring (bicyclic) bond motifs is 2. The molecule has 5 aromatic rings. The second-order valence-corrected chi connectivity index (χ2v) is 34.6. The van der Waals surface area contributed by atoms with Crippen LogP contribution in [0.4, 0.5) is 0 Å². The third-order valence-electron chi connectivity index (χ3n) is 22.9. The van der Waals surface area contributed by atoms with Gasteiger partial charge in [0.15, 0.2) is 0 Å². The molecule has 0 unspecified atom stereocenters. The summed E-state index contributed by atoms with van der Waals surface area (Å²) in [5.41, 5.74) is 19.1. The highest BCUT2D eigenvalue weighted by Crippen LogP contribution is 2.26. The molecule has 4 heterocycles. The first-order valence-electron chi connectivity index (χ1n) is 44.3. The standard InChI is InChI=1S/C88H130N22O22/c1-14-45(9)71(86(130)105-62(35-66(90)113)78(122)98-57(74(91)118)27-20-21-29-89)107-81(125)60(33-51-39-94-56-26-19-17-24-54(51)56)102-80(124)64(37-68(116)117)103-77(121)59(32-50-38-93-55-25-18-16-23-53(50)55)101-76(120)58(31-42(3)4)100-79(123)63(36-67(114)115)99-75(119)47(11)96-83(127)65-28-22-30-110(65)88(132)72(46(10)15-2)108-87(131)73(48(12)111)109-85(129)70(44(7)8)106-82(126)61(34-52-40-92-41-95-52)104-84(128)69(43(5)6)97-49(13)112/h16-19,23-26,38-48,57-65,69-73,93-94,111H,14-15,20-22,27-37,89H2,1-13H3,(H2,90,113)(H2,91,118)(H,92,95)(H,96,127)(H,97,112)(H,98,122)(H,99,119)(H,100,123)(H,101,120)(H,102,124)(H,103,121)(H,104,128)(H,105,130)(H,106,126)(H,107,125)(H,108,131)(H,109,129)(H,114,115)(H,116,117)/t45-,46-,47-,48+,57-,58-,59-,60-,61-,62-,63-,64-,65-,69-,70-,71-,72-,73-/m0/s1. The first kappa shape index (κ1) is 107. The van der Waals surface area contributed by atoms with Crippen molar-refractivity contribution in [3.63, 3.8) is 0 Å². The number of aromatic amines is 3. The lowest BCUT2D eigenvalue weighted by atomic mass is 9.96. The van der Waals surface area contributed by atoms with E-state index in [1.165, 1.54) is 44.4 Å². The number of aliphatic hydroxyl groups excluding tert-OH is 1. The number of unbranched alkanes of at least 4 members (excludes halogenated alkanes) is 1. The highest BCUT2D eigenvalue weighted by Gasteiger charge is 2.44. The van der Waals surface area contributed by atoms with Gasteiger partial charge in [0.05, 0.1) is 31.7 Å². The number of para-hydroxylation sites is 2. The molecule has 1 saturated heterocycles. The Balaban J connectivity index is 1.20. The van der Waals surface area contributed by atoms with Crippen molar-refractivity contribution in [2.45, 2.75) is 277 Å². The van der Waals surface area contributed by atoms with E-state index in [2.05, 4.69) is 94.4 Å². The van der Waals surface area contributed by atoms with Crippen molar-refractivity contribution in [3.8, 4) is 0 Å². The molecule has 1 fully saturated rings. The monoisotopic (exact) mass is 1850 g/mol. The number of rotatable bonds is 54. The van der Waals surface area contributed by atoms with Crippen LogP contribution >= 0.6 is 0 Å². The number of benzene rings is 2. The number of nitrogens with zero attached hydrogens (tertiary/aromatic N) is 2. The fraction of sp³-hybridized carbons (Fsp3) is 0.568. The molecule has 17 amide bonds. The summed E-state index contributed by atoms with van der Waals surface area (Å²) < 4.78 is 0. The van der Waals surface area contributed by atoms with Crippen molar-refractivity contribution in [3.05, 3.63) is 90.3 Å². The smallest absolute Gasteiger partial charge is 0.305 e. The molecule has 724 valence electrons. The Morgan fingerprint density at radius 3 is 1.35 bits per heavy atom. The molecule has 1 aliphatic heterocycles. The topological polar surface area (TPSA) is 695 Å². The molecule has 26 N–H and O–H groups in total. The minimum atomic E-state index is -2.07. The maximum Gasteiger partial charge on any atom is 0.305 e. The van der Waals surface area contributed by atoms with E-state index in [1.54, 1.807) is 124 Å². The average molecular weight is 1850 g/mol. The number of H-pyrrole nitrogens is 3. The van der Waals surface area contributed by atoms with E-state index in [0.29, 0.717) is 51.5 Å². The summed E-state index contributed by atoms with van der Waals surface area (Å²) in [5, 5.41) is 68.3. The van der Waals surface area contributed by atoms with Crippen LogP contribution in [0.1, 0.15) is 177 Å². The number of carbonyl (C=O) groups excluding carboxylic acids is 17. The van der Waals surface area contributed by atoms with Crippen molar-refractivity contribution in [1.29, 1.82) is 0 Å². The molecule has 0 bridgehead atoms. The van der Waals surface area contributed by atoms with Crippen molar-refractivity contribution in [2.24, 2.45) is 46.8 Å². The predicted octanol–water partition coefficient (Wildman–Crippen LogP) is -2.51. The Bertz CT molecular complexity index is 4900. The lowest BCUT2D eigenvalue weighted by Gasteiger charge is -2.33. The lowest BCUT2D eigenvalue weighted by Crippen LogP contribution is -2.63. The number of aliphatic carboxylic acids is 2. The zero-order valence-electron chi connectivity index (χ0n) is 76.6. The summed E-state index contributed by atoms with van der Waals surface area (Å²) >= 11 is 0. The Hall–Kier alpha value is -13.4. The molecular formula is C88H130N22O22. The van der Waals surface area contributed by atoms with E-state index in [0.717, 1.165) is 0 Å². The third kappa shape index (κ3) is 32.0. The number of nitrogens with two attached hydrogens (primary N) is 3. The number of likely N-dealkylation sites (tertiary alicyclic amines) is 1. The first-order chi connectivity index (χ1) is 62.3. The van der Waals surface area contributed by atoms with Crippen LogP contribution in [-0.2, 0) is 110 Å². The first-order valence-corrected chi connectivity index (χ1v) is 44.3. The quantitative estimate of drug-likeness (QED) is 0.0179. The number of primary amides is 2. The summed E-state index contributed by atoms with van der Waals surface area (Å²) in [4.78, 5) is 279. The Morgan fingerprint density at radius 2 is 0.871 bits per heavy atom. The van der Waals surface area contributed by atoms with Gasteiger partial charge in [0.25, 0.3) is 0 Å². The zero-order valence-corrected chi connectivity index (χ0v) is 76.6. The van der Waals surface area contributed by atoms with E-state index in [4.69, 9.17) is 17.2 Å². The normalized spacial score (nSPS) is 16.4. The SMILES string of the molecule is CC[C@H](C)[C@H](NC(=O)[C@H](Cc1c[nH]c2ccccc12)NC(=O)[C@H](CC(=O)O)NC(=O)[C@H](Cc1c[nH]c2ccccc12)NC(=O)[C@H](CC(C)C)NC(=O)[C@H](CC(=O)O)NC(=O)[C@H](C)NC(=O)[C@@H]1CCCN1C(=O)[C@@H](NC(=O)[C@@H](NC(=O)[C@@H](NC(=O)[C@H](Cc1cnc[nH]1)NC(=O)[C@@H](NC(C)=O)C(C)C)C(C)C)[C@@H](C)O)[C@@H](C)CC)C(=O)N[C@@H](CC(N)=O)C(=O)N[C@@H](CCCCN)C(N)=O. The van der Waals surface area contributed by atoms with E-state index in [9.17, 15) is 102 Å². The van der Waals surface area contributed by atoms with Crippen LogP contribution < -0.4 is 91.6 Å². The van der Waals surface area contributed by atoms with Crippen LogP contribution in [0.3, 0.4) is 0 Å². The molecule has 18 atom stereocenters. The zero-order chi connectivity index (χ0) is 98.2. The molecule has 0 saturated carbocycles.